The molecule has 0 amide bonds. The van der Waals surface area contributed by atoms with Crippen molar-refractivity contribution in [3.05, 3.63) is 71.4 Å². The first kappa shape index (κ1) is 49.1. The monoisotopic (exact) mass is 944 g/mol. The van der Waals surface area contributed by atoms with E-state index in [1.165, 1.54) is 45.7 Å². The van der Waals surface area contributed by atoms with Crippen molar-refractivity contribution in [2.45, 2.75) is 166 Å². The van der Waals surface area contributed by atoms with Crippen LogP contribution in [0.2, 0.25) is 0 Å². The number of aliphatic hydroxyl groups is 3. The van der Waals surface area contributed by atoms with Gasteiger partial charge in [-0.2, -0.15) is 0 Å². The molecule has 4 aliphatic heterocycles. The van der Waals surface area contributed by atoms with Crippen LogP contribution in [0.15, 0.2) is 71.4 Å². The van der Waals surface area contributed by atoms with Gasteiger partial charge in [-0.15, -0.1) is 0 Å². The summed E-state index contributed by atoms with van der Waals surface area (Å²) in [7, 11) is 5.93. The Hall–Kier alpha value is -4.30. The Kier molecular flexibility index (Phi) is 14.4. The SMILES string of the molecule is C/C=C(\C)C(=O)OC1CC2C(CC=C3CC(OC4OC=C(O[C@H]5CC(OC)C(O[C@@H]6OC=C(O[C@H]7CC(OC)C(O)=CO7)C(OC)C6O)=CO5)C4OC)CCC32C)C2(O)CCC(C(C)=O)C12C. The zero-order valence-electron chi connectivity index (χ0n) is 39.9. The fourth-order valence-electron chi connectivity index (χ4n) is 12.1. The maximum atomic E-state index is 13.3. The topological polar surface area (TPSA) is 215 Å². The molecular formula is C49H68O18. The molecule has 0 aromatic carbocycles. The van der Waals surface area contributed by atoms with Gasteiger partial charge >= 0.3 is 5.97 Å². The Balaban J connectivity index is 0.877. The van der Waals surface area contributed by atoms with Gasteiger partial charge in [-0.3, -0.25) is 4.79 Å². The van der Waals surface area contributed by atoms with E-state index in [0.29, 0.717) is 49.9 Å². The van der Waals surface area contributed by atoms with E-state index in [2.05, 4.69) is 13.0 Å². The summed E-state index contributed by atoms with van der Waals surface area (Å²) >= 11 is 0. The van der Waals surface area contributed by atoms with Crippen LogP contribution in [-0.2, 0) is 71.2 Å². The van der Waals surface area contributed by atoms with E-state index in [4.69, 9.17) is 61.6 Å². The molecule has 4 heterocycles. The molecule has 8 aliphatic rings. The van der Waals surface area contributed by atoms with Gasteiger partial charge in [0.1, 0.15) is 49.1 Å². The molecule has 0 aromatic heterocycles. The van der Waals surface area contributed by atoms with E-state index >= 15 is 0 Å². The van der Waals surface area contributed by atoms with E-state index in [0.717, 1.165) is 12.7 Å². The van der Waals surface area contributed by atoms with Gasteiger partial charge in [0.15, 0.2) is 41.3 Å². The Morgan fingerprint density at radius 3 is 2.06 bits per heavy atom. The number of ether oxygens (including phenoxy) is 13. The minimum Gasteiger partial charge on any atom is -0.507 e. The second kappa shape index (κ2) is 19.6. The number of hydrogen-bond donors (Lipinski definition) is 3. The molecule has 3 N–H and O–H groups in total. The van der Waals surface area contributed by atoms with Crippen molar-refractivity contribution in [2.75, 3.05) is 28.4 Å². The Morgan fingerprint density at radius 1 is 0.761 bits per heavy atom. The molecule has 0 saturated heterocycles. The second-order valence-electron chi connectivity index (χ2n) is 19.4. The average molecular weight is 945 g/mol. The van der Waals surface area contributed by atoms with Gasteiger partial charge in [0, 0.05) is 45.3 Å². The zero-order valence-corrected chi connectivity index (χ0v) is 39.9. The maximum Gasteiger partial charge on any atom is 0.333 e. The Morgan fingerprint density at radius 2 is 1.40 bits per heavy atom. The van der Waals surface area contributed by atoms with Gasteiger partial charge in [-0.05, 0) is 83.0 Å². The maximum absolute atomic E-state index is 13.3. The van der Waals surface area contributed by atoms with Crippen molar-refractivity contribution >= 4 is 11.8 Å². The van der Waals surface area contributed by atoms with Crippen LogP contribution < -0.4 is 0 Å². The van der Waals surface area contributed by atoms with Crippen molar-refractivity contribution in [1.29, 1.82) is 0 Å². The molecule has 8 rings (SSSR count). The number of ketones is 1. The minimum absolute atomic E-state index is 0.0213. The Bertz CT molecular complexity index is 2040. The number of hydrogen-bond acceptors (Lipinski definition) is 18. The van der Waals surface area contributed by atoms with Crippen molar-refractivity contribution in [2.24, 2.45) is 28.6 Å². The molecular weight excluding hydrogens is 877 g/mol. The normalized spacial score (nSPS) is 42.5. The number of aliphatic hydroxyl groups excluding tert-OH is 2. The van der Waals surface area contributed by atoms with Crippen LogP contribution in [-0.4, -0.2) is 129 Å². The summed E-state index contributed by atoms with van der Waals surface area (Å²) in [5.41, 5.74) is -0.616. The quantitative estimate of drug-likeness (QED) is 0.101. The minimum atomic E-state index is -1.34. The highest BCUT2D eigenvalue weighted by Crippen LogP contribution is 2.68. The van der Waals surface area contributed by atoms with E-state index in [-0.39, 0.29) is 59.3 Å². The highest BCUT2D eigenvalue weighted by atomic mass is 16.7. The summed E-state index contributed by atoms with van der Waals surface area (Å²) in [5.74, 6) is -0.158. The molecule has 3 saturated carbocycles. The molecule has 0 aromatic rings. The number of Topliss-reactive ketones (excluding diaryl/α,β-unsaturated/α-hetero) is 1. The van der Waals surface area contributed by atoms with Gasteiger partial charge in [0.2, 0.25) is 18.9 Å². The number of methoxy groups -OCH3 is 4. The van der Waals surface area contributed by atoms with Crippen LogP contribution in [0.3, 0.4) is 0 Å². The van der Waals surface area contributed by atoms with E-state index in [9.17, 15) is 24.9 Å². The first-order valence-electron chi connectivity index (χ1n) is 23.3. The third kappa shape index (κ3) is 8.84. The summed E-state index contributed by atoms with van der Waals surface area (Å²) in [5, 5.41) is 33.9. The molecule has 0 radical (unpaired) electrons. The van der Waals surface area contributed by atoms with Crippen molar-refractivity contribution in [3.63, 3.8) is 0 Å². The number of carbonyl (C=O) groups is 2. The van der Waals surface area contributed by atoms with Crippen LogP contribution >= 0.6 is 0 Å². The number of fused-ring (bicyclic) bond motifs is 5. The fraction of sp³-hybridized carbons (Fsp3) is 0.714. The van der Waals surface area contributed by atoms with Gasteiger partial charge in [0.05, 0.1) is 24.5 Å². The third-order valence-corrected chi connectivity index (χ3v) is 16.2. The van der Waals surface area contributed by atoms with Crippen molar-refractivity contribution in [3.8, 4) is 0 Å². The van der Waals surface area contributed by atoms with Crippen LogP contribution in [0.5, 0.6) is 0 Å². The van der Waals surface area contributed by atoms with E-state index in [1.807, 2.05) is 6.92 Å². The molecule has 18 nitrogen and oxygen atoms in total. The van der Waals surface area contributed by atoms with E-state index < -0.39 is 84.7 Å². The smallest absolute Gasteiger partial charge is 0.333 e. The van der Waals surface area contributed by atoms with Gasteiger partial charge in [-0.1, -0.05) is 31.6 Å². The number of esters is 1. The van der Waals surface area contributed by atoms with Crippen molar-refractivity contribution in [1.82, 2.24) is 0 Å². The molecule has 67 heavy (non-hydrogen) atoms. The predicted octanol–water partition coefficient (Wildman–Crippen LogP) is 5.74. The number of allylic oxidation sites excluding steroid dienone is 2. The largest absolute Gasteiger partial charge is 0.507 e. The molecule has 372 valence electrons. The summed E-state index contributed by atoms with van der Waals surface area (Å²) in [6.07, 6.45) is 5.23. The molecule has 14 unspecified atom stereocenters. The molecule has 0 bridgehead atoms. The number of carbonyl (C=O) groups excluding carboxylic acids is 2. The second-order valence-corrected chi connectivity index (χ2v) is 19.4. The first-order valence-corrected chi connectivity index (χ1v) is 23.3. The standard InChI is InChI=1S/C49H68O18/c1-10-25(2)44(53)67-38-18-31-30(49(54)16-14-29(26(3)50)48(38,49)5)12-11-27-17-28(13-15-47(27,31)4)63-46-43(58-9)37(24-62-46)65-40-20-34(56-7)35(22-60-40)66-45-41(52)42(57-8)36(23-61-45)64-39-19-33(55-6)32(51)21-59-39/h10-11,21-24,28-31,33-34,38-43,45-46,51-52,54H,12-20H2,1-9H3/b25-10+/t28?,29?,30?,31?,33?,34?,38?,39-,40-,41?,42?,43?,45-,46?,47?,48?,49?/m0/s1. The lowest BCUT2D eigenvalue weighted by molar-refractivity contribution is -0.234. The average Bonchev–Trinajstić information content (AvgIpc) is 3.84. The van der Waals surface area contributed by atoms with E-state index in [1.54, 1.807) is 34.0 Å². The van der Waals surface area contributed by atoms with Gasteiger partial charge < -0.3 is 76.9 Å². The van der Waals surface area contributed by atoms with Gasteiger partial charge in [0.25, 0.3) is 6.29 Å². The molecule has 3 fully saturated rings. The fourth-order valence-corrected chi connectivity index (χ4v) is 12.1. The molecule has 18 heteroatoms. The lowest BCUT2D eigenvalue weighted by Crippen LogP contribution is -2.66. The summed E-state index contributed by atoms with van der Waals surface area (Å²) in [6.45, 7) is 9.35. The highest BCUT2D eigenvalue weighted by molar-refractivity contribution is 5.88. The summed E-state index contributed by atoms with van der Waals surface area (Å²) in [6, 6.07) is 0. The summed E-state index contributed by atoms with van der Waals surface area (Å²) < 4.78 is 76.7. The zero-order chi connectivity index (χ0) is 48.0. The van der Waals surface area contributed by atoms with Crippen LogP contribution in [0.25, 0.3) is 0 Å². The summed E-state index contributed by atoms with van der Waals surface area (Å²) in [4.78, 5) is 26.4. The van der Waals surface area contributed by atoms with Crippen LogP contribution in [0.4, 0.5) is 0 Å². The molecule has 4 aliphatic carbocycles. The van der Waals surface area contributed by atoms with Crippen LogP contribution in [0.1, 0.15) is 92.4 Å². The number of rotatable bonds is 15. The Labute approximate surface area is 391 Å². The molecule has 0 spiro atoms. The van der Waals surface area contributed by atoms with Crippen molar-refractivity contribution < 1.29 is 86.5 Å². The lowest BCUT2D eigenvalue weighted by atomic mass is 9.45. The van der Waals surface area contributed by atoms with Gasteiger partial charge in [-0.25, -0.2) is 4.79 Å². The lowest BCUT2D eigenvalue weighted by Gasteiger charge is -2.63. The first-order chi connectivity index (χ1) is 32.0. The highest BCUT2D eigenvalue weighted by Gasteiger charge is 2.71. The third-order valence-electron chi connectivity index (χ3n) is 16.2. The molecule has 17 atom stereocenters. The van der Waals surface area contributed by atoms with Crippen LogP contribution in [0, 0.1) is 28.6 Å². The predicted molar refractivity (Wildman–Crippen MR) is 233 cm³/mol.